The molecule has 0 N–H and O–H groups in total. The molecule has 0 spiro atoms. The molecule has 0 saturated carbocycles. The topological polar surface area (TPSA) is 61.8 Å². The molecule has 0 amide bonds. The summed E-state index contributed by atoms with van der Waals surface area (Å²) in [5.74, 6) is 1.43. The summed E-state index contributed by atoms with van der Waals surface area (Å²) in [6, 6.07) is 5.59. The smallest absolute Gasteiger partial charge is 0.311 e. The maximum absolute atomic E-state index is 12.7. The van der Waals surface area contributed by atoms with E-state index in [1.54, 1.807) is 0 Å². The monoisotopic (exact) mass is 314 g/mol. The Bertz CT molecular complexity index is 744. The van der Waals surface area contributed by atoms with Gasteiger partial charge in [-0.05, 0) is 23.1 Å². The first-order valence-corrected chi connectivity index (χ1v) is 7.79. The Morgan fingerprint density at radius 3 is 2.70 bits per heavy atom. The Labute approximate surface area is 134 Å². The summed E-state index contributed by atoms with van der Waals surface area (Å²) >= 11 is 0. The number of ether oxygens (including phenoxy) is 3. The quantitative estimate of drug-likeness (QED) is 0.745. The van der Waals surface area contributed by atoms with Crippen LogP contribution < -0.4 is 9.47 Å². The minimum Gasteiger partial charge on any atom is -0.454 e. The number of benzene rings is 1. The zero-order valence-electron chi connectivity index (χ0n) is 13.2. The van der Waals surface area contributed by atoms with Crippen molar-refractivity contribution in [2.24, 2.45) is 5.41 Å². The standard InChI is InChI=1S/C18H18O5/c1-18(2)7-12(19)17-11(6-16(20)23-15(17)8-18)10-3-4-13-14(5-10)22-9-21-13/h3-5,11H,6-9H2,1-2H3/t11-/m0/s1. The second-order valence-corrected chi connectivity index (χ2v) is 7.12. The van der Waals surface area contributed by atoms with Gasteiger partial charge in [-0.25, -0.2) is 0 Å². The number of ketones is 1. The molecule has 5 heteroatoms. The molecule has 0 fully saturated rings. The van der Waals surface area contributed by atoms with E-state index in [4.69, 9.17) is 14.2 Å². The summed E-state index contributed by atoms with van der Waals surface area (Å²) in [5, 5.41) is 0. The molecule has 4 rings (SSSR count). The zero-order valence-corrected chi connectivity index (χ0v) is 13.2. The van der Waals surface area contributed by atoms with Crippen LogP contribution >= 0.6 is 0 Å². The Kier molecular flexibility index (Phi) is 3.01. The van der Waals surface area contributed by atoms with Crippen LogP contribution in [0.3, 0.4) is 0 Å². The van der Waals surface area contributed by atoms with E-state index in [0.29, 0.717) is 35.7 Å². The SMILES string of the molecule is CC1(C)CC(=O)C2=C(C1)OC(=O)C[C@H]2c1ccc2c(c1)OCO2. The highest BCUT2D eigenvalue weighted by atomic mass is 16.7. The third kappa shape index (κ3) is 2.40. The molecular weight excluding hydrogens is 296 g/mol. The third-order valence-corrected chi connectivity index (χ3v) is 4.63. The van der Waals surface area contributed by atoms with Gasteiger partial charge in [0, 0.05) is 24.3 Å². The Hall–Kier alpha value is -2.30. The van der Waals surface area contributed by atoms with Crippen LogP contribution in [-0.4, -0.2) is 18.5 Å². The van der Waals surface area contributed by atoms with E-state index in [1.165, 1.54) is 0 Å². The molecule has 0 saturated heterocycles. The van der Waals surface area contributed by atoms with E-state index in [0.717, 1.165) is 5.56 Å². The average Bonchev–Trinajstić information content (AvgIpc) is 2.91. The van der Waals surface area contributed by atoms with Crippen LogP contribution in [0.15, 0.2) is 29.5 Å². The highest BCUT2D eigenvalue weighted by Gasteiger charge is 2.42. The zero-order chi connectivity index (χ0) is 16.2. The normalized spacial score (nSPS) is 25.2. The number of allylic oxidation sites excluding steroid dienone is 2. The molecule has 1 aliphatic carbocycles. The number of carbonyl (C=O) groups excluding carboxylic acids is 2. The van der Waals surface area contributed by atoms with Gasteiger partial charge in [-0.1, -0.05) is 19.9 Å². The van der Waals surface area contributed by atoms with Gasteiger partial charge in [-0.3, -0.25) is 9.59 Å². The number of fused-ring (bicyclic) bond motifs is 1. The fourth-order valence-electron chi connectivity index (χ4n) is 3.62. The summed E-state index contributed by atoms with van der Waals surface area (Å²) in [7, 11) is 0. The number of hydrogen-bond donors (Lipinski definition) is 0. The molecule has 5 nitrogen and oxygen atoms in total. The highest BCUT2D eigenvalue weighted by Crippen LogP contribution is 2.47. The predicted molar refractivity (Wildman–Crippen MR) is 81.1 cm³/mol. The van der Waals surface area contributed by atoms with Crippen LogP contribution in [-0.2, 0) is 14.3 Å². The largest absolute Gasteiger partial charge is 0.454 e. The number of Topliss-reactive ketones (excluding diaryl/α,β-unsaturated/α-hetero) is 1. The van der Waals surface area contributed by atoms with Crippen LogP contribution in [0.25, 0.3) is 0 Å². The predicted octanol–water partition coefficient (Wildman–Crippen LogP) is 3.09. The maximum atomic E-state index is 12.7. The van der Waals surface area contributed by atoms with Crippen molar-refractivity contribution in [1.82, 2.24) is 0 Å². The van der Waals surface area contributed by atoms with Crippen LogP contribution in [0.2, 0.25) is 0 Å². The van der Waals surface area contributed by atoms with Crippen molar-refractivity contribution >= 4 is 11.8 Å². The van der Waals surface area contributed by atoms with Gasteiger partial charge >= 0.3 is 5.97 Å². The lowest BCUT2D eigenvalue weighted by molar-refractivity contribution is -0.142. The molecule has 3 aliphatic rings. The number of hydrogen-bond acceptors (Lipinski definition) is 5. The van der Waals surface area contributed by atoms with Gasteiger partial charge in [0.25, 0.3) is 0 Å². The molecule has 0 aromatic heterocycles. The first-order chi connectivity index (χ1) is 10.9. The van der Waals surface area contributed by atoms with Gasteiger partial charge < -0.3 is 14.2 Å². The fourth-order valence-corrected chi connectivity index (χ4v) is 3.62. The van der Waals surface area contributed by atoms with Gasteiger partial charge in [-0.15, -0.1) is 0 Å². The molecule has 0 radical (unpaired) electrons. The molecule has 2 heterocycles. The van der Waals surface area contributed by atoms with Gasteiger partial charge in [0.1, 0.15) is 5.76 Å². The molecule has 1 atom stereocenters. The minimum atomic E-state index is -0.281. The van der Waals surface area contributed by atoms with E-state index < -0.39 is 0 Å². The highest BCUT2D eigenvalue weighted by molar-refractivity contribution is 6.00. The van der Waals surface area contributed by atoms with Crippen LogP contribution in [0, 0.1) is 5.41 Å². The maximum Gasteiger partial charge on any atom is 0.311 e. The Morgan fingerprint density at radius 1 is 1.09 bits per heavy atom. The summed E-state index contributed by atoms with van der Waals surface area (Å²) < 4.78 is 16.1. The van der Waals surface area contributed by atoms with Gasteiger partial charge in [0.2, 0.25) is 6.79 Å². The number of carbonyl (C=O) groups is 2. The van der Waals surface area contributed by atoms with Crippen LogP contribution in [0.4, 0.5) is 0 Å². The third-order valence-electron chi connectivity index (χ3n) is 4.63. The summed E-state index contributed by atoms with van der Waals surface area (Å²) in [4.78, 5) is 24.7. The summed E-state index contributed by atoms with van der Waals surface area (Å²) in [6.07, 6.45) is 1.27. The van der Waals surface area contributed by atoms with Gasteiger partial charge in [-0.2, -0.15) is 0 Å². The second-order valence-electron chi connectivity index (χ2n) is 7.12. The van der Waals surface area contributed by atoms with Crippen molar-refractivity contribution in [2.75, 3.05) is 6.79 Å². The molecule has 1 aromatic rings. The first kappa shape index (κ1) is 14.3. The van der Waals surface area contributed by atoms with E-state index >= 15 is 0 Å². The van der Waals surface area contributed by atoms with Crippen molar-refractivity contribution in [3.63, 3.8) is 0 Å². The summed E-state index contributed by atoms with van der Waals surface area (Å²) in [5.41, 5.74) is 1.38. The van der Waals surface area contributed by atoms with Crippen molar-refractivity contribution in [1.29, 1.82) is 0 Å². The molecular formula is C18H18O5. The lowest BCUT2D eigenvalue weighted by Gasteiger charge is -2.36. The lowest BCUT2D eigenvalue weighted by atomic mass is 9.71. The molecule has 1 aromatic carbocycles. The number of esters is 1. The fraction of sp³-hybridized carbons (Fsp3) is 0.444. The van der Waals surface area contributed by atoms with Crippen molar-refractivity contribution < 1.29 is 23.8 Å². The van der Waals surface area contributed by atoms with Gasteiger partial charge in [0.05, 0.1) is 6.42 Å². The van der Waals surface area contributed by atoms with Crippen molar-refractivity contribution in [3.05, 3.63) is 35.1 Å². The molecule has 23 heavy (non-hydrogen) atoms. The number of rotatable bonds is 1. The van der Waals surface area contributed by atoms with Gasteiger partial charge in [0.15, 0.2) is 17.3 Å². The molecule has 0 bridgehead atoms. The average molecular weight is 314 g/mol. The minimum absolute atomic E-state index is 0.0754. The van der Waals surface area contributed by atoms with E-state index in [1.807, 2.05) is 32.0 Å². The van der Waals surface area contributed by atoms with E-state index in [2.05, 4.69) is 0 Å². The Morgan fingerprint density at radius 2 is 1.87 bits per heavy atom. The van der Waals surface area contributed by atoms with Crippen molar-refractivity contribution in [2.45, 2.75) is 39.0 Å². The van der Waals surface area contributed by atoms with Crippen molar-refractivity contribution in [3.8, 4) is 11.5 Å². The van der Waals surface area contributed by atoms with Crippen LogP contribution in [0.5, 0.6) is 11.5 Å². The summed E-state index contributed by atoms with van der Waals surface area (Å²) in [6.45, 7) is 4.24. The Balaban J connectivity index is 1.78. The molecule has 120 valence electrons. The van der Waals surface area contributed by atoms with E-state index in [-0.39, 0.29) is 36.3 Å². The molecule has 0 unspecified atom stereocenters. The first-order valence-electron chi connectivity index (χ1n) is 7.79. The van der Waals surface area contributed by atoms with E-state index in [9.17, 15) is 9.59 Å². The molecule has 2 aliphatic heterocycles. The lowest BCUT2D eigenvalue weighted by Crippen LogP contribution is -2.33. The van der Waals surface area contributed by atoms with Crippen LogP contribution in [0.1, 0.15) is 44.6 Å². The second kappa shape index (κ2) is 4.85.